The summed E-state index contributed by atoms with van der Waals surface area (Å²) in [6.45, 7) is 0. The molecular formula is H8AlKO3SSi. The molecule has 0 aliphatic heterocycles. The Morgan fingerprint density at radius 1 is 1.43 bits per heavy atom. The second-order valence-corrected chi connectivity index (χ2v) is 5.29. The Morgan fingerprint density at radius 2 is 1.43 bits per heavy atom. The molecule has 0 atom stereocenters. The molecule has 0 aromatic rings. The van der Waals surface area contributed by atoms with Gasteiger partial charge < -0.3 is 0 Å². The molecule has 0 aromatic heterocycles. The van der Waals surface area contributed by atoms with Crippen LogP contribution in [0.2, 0.25) is 0 Å². The fourth-order valence-electron chi connectivity index (χ4n) is 0. The molecule has 7 heteroatoms. The summed E-state index contributed by atoms with van der Waals surface area (Å²) in [7, 11) is -3.69. The summed E-state index contributed by atoms with van der Waals surface area (Å²) in [5, 5.41) is 0. The van der Waals surface area contributed by atoms with Crippen LogP contribution in [0.3, 0.4) is 0 Å². The summed E-state index contributed by atoms with van der Waals surface area (Å²) in [6.07, 6.45) is 0. The molecule has 0 saturated heterocycles. The first-order valence-electron chi connectivity index (χ1n) is 0.924. The molecule has 0 bridgehead atoms. The van der Waals surface area contributed by atoms with Crippen molar-refractivity contribution in [3.05, 3.63) is 0 Å². The van der Waals surface area contributed by atoms with Gasteiger partial charge in [-0.25, -0.2) is 8.42 Å². The minimum absolute atomic E-state index is 0. The van der Waals surface area contributed by atoms with Crippen molar-refractivity contribution in [1.29, 1.82) is 0 Å². The second kappa shape index (κ2) is 6.42. The maximum atomic E-state index is 9.25. The van der Waals surface area contributed by atoms with E-state index < -0.39 is 9.57 Å². The van der Waals surface area contributed by atoms with Crippen molar-refractivity contribution in [2.24, 2.45) is 0 Å². The first-order chi connectivity index (χ1) is 2.00. The van der Waals surface area contributed by atoms with E-state index in [1.165, 1.54) is 0 Å². The summed E-state index contributed by atoms with van der Waals surface area (Å²) in [5.41, 5.74) is 0. The van der Waals surface area contributed by atoms with Gasteiger partial charge in [-0.1, -0.05) is 0 Å². The Hall–Kier alpha value is 2.30. The van der Waals surface area contributed by atoms with Gasteiger partial charge in [-0.2, -0.15) is 0 Å². The Morgan fingerprint density at radius 3 is 1.43 bits per heavy atom. The molecule has 0 radical (unpaired) electrons. The van der Waals surface area contributed by atoms with Crippen LogP contribution in [0.25, 0.3) is 0 Å². The van der Waals surface area contributed by atoms with E-state index in [4.69, 9.17) is 4.55 Å². The molecule has 0 aliphatic carbocycles. The van der Waals surface area contributed by atoms with Crippen LogP contribution in [0.15, 0.2) is 0 Å². The second-order valence-electron chi connectivity index (χ2n) is 0.733. The van der Waals surface area contributed by atoms with Crippen LogP contribution in [0, 0.1) is 0 Å². The van der Waals surface area contributed by atoms with Crippen molar-refractivity contribution < 1.29 is 13.0 Å². The molecule has 0 aliphatic rings. The molecular weight excluding hydrogens is 174 g/mol. The van der Waals surface area contributed by atoms with Gasteiger partial charge in [-0.3, -0.25) is 4.55 Å². The van der Waals surface area contributed by atoms with Crippen molar-refractivity contribution in [2.45, 2.75) is 0 Å². The van der Waals surface area contributed by atoms with E-state index in [0.29, 0.717) is 0 Å². The van der Waals surface area contributed by atoms with Crippen molar-refractivity contribution >= 4 is 87.7 Å². The first kappa shape index (κ1) is 16.1. The van der Waals surface area contributed by atoms with Gasteiger partial charge in [0, 0.05) is 0 Å². The third-order valence-corrected chi connectivity index (χ3v) is 0. The topological polar surface area (TPSA) is 54.4 Å². The predicted molar refractivity (Wildman–Crippen MR) is 38.6 cm³/mol. The van der Waals surface area contributed by atoms with Crippen LogP contribution >= 0.6 is 0 Å². The van der Waals surface area contributed by atoms with Gasteiger partial charge in [0.15, 0.2) is 26.8 Å². The number of hydrogen-bond acceptors (Lipinski definition) is 2. The Balaban J connectivity index is -0.0000000800. The molecule has 0 aromatic carbocycles. The first-order valence-corrected chi connectivity index (χ1v) is 5.22. The van der Waals surface area contributed by atoms with Crippen molar-refractivity contribution in [1.82, 2.24) is 0 Å². The monoisotopic (exact) mass is 182 g/mol. The van der Waals surface area contributed by atoms with E-state index in [1.807, 2.05) is 0 Å². The zero-order valence-corrected chi connectivity index (χ0v) is 5.49. The van der Waals surface area contributed by atoms with E-state index in [2.05, 4.69) is 0 Å². The van der Waals surface area contributed by atoms with Crippen molar-refractivity contribution in [3.8, 4) is 0 Å². The molecule has 0 rings (SSSR count). The Kier molecular flexibility index (Phi) is 14.8. The van der Waals surface area contributed by atoms with Gasteiger partial charge in [0.2, 0.25) is 9.57 Å². The van der Waals surface area contributed by atoms with E-state index in [9.17, 15) is 8.42 Å². The molecule has 0 spiro atoms. The summed E-state index contributed by atoms with van der Waals surface area (Å²) < 4.78 is 26.1. The van der Waals surface area contributed by atoms with Crippen LogP contribution in [-0.4, -0.2) is 91.1 Å². The zero-order chi connectivity index (χ0) is 4.50. The molecule has 0 unspecified atom stereocenters. The van der Waals surface area contributed by atoms with E-state index >= 15 is 0 Å². The zero-order valence-electron chi connectivity index (χ0n) is 2.67. The molecule has 7 heavy (non-hydrogen) atoms. The number of hydrogen-bond donors (Lipinski definition) is 1. The third kappa shape index (κ3) is 62.4. The van der Waals surface area contributed by atoms with Crippen LogP contribution in [0.5, 0.6) is 0 Å². The molecule has 3 nitrogen and oxygen atoms in total. The molecule has 0 saturated carbocycles. The van der Waals surface area contributed by atoms with Gasteiger partial charge >= 0.3 is 51.4 Å². The molecule has 0 heterocycles. The maximum absolute atomic E-state index is 9.25. The van der Waals surface area contributed by atoms with Crippen LogP contribution in [0.4, 0.5) is 0 Å². The fraction of sp³-hybridized carbons (Fsp3) is 0. The average Bonchev–Trinajstić information content (AvgIpc) is 0.722. The number of rotatable bonds is 0. The van der Waals surface area contributed by atoms with Crippen LogP contribution in [0.1, 0.15) is 0 Å². The Bertz CT molecular complexity index is 98.1. The molecule has 40 valence electrons. The Labute approximate surface area is 98.6 Å². The van der Waals surface area contributed by atoms with Crippen molar-refractivity contribution in [2.75, 3.05) is 0 Å². The molecule has 0 fully saturated rings. The quantitative estimate of drug-likeness (QED) is 0.310. The average molecular weight is 182 g/mol. The summed E-state index contributed by atoms with van der Waals surface area (Å²) in [5.74, 6) is 0. The van der Waals surface area contributed by atoms with Gasteiger partial charge in [0.25, 0.3) is 0 Å². The van der Waals surface area contributed by atoms with E-state index in [1.54, 1.807) is 0 Å². The predicted octanol–water partition coefficient (Wildman–Crippen LogP) is -3.68. The summed E-state index contributed by atoms with van der Waals surface area (Å²) in [4.78, 5) is 0. The normalized spacial score (nSPS) is 8.71. The minimum atomic E-state index is -3.53. The van der Waals surface area contributed by atoms with Crippen LogP contribution in [-0.2, 0) is 9.57 Å². The summed E-state index contributed by atoms with van der Waals surface area (Å²) in [6, 6.07) is 0. The van der Waals surface area contributed by atoms with Gasteiger partial charge in [-0.15, -0.1) is 0 Å². The standard InChI is InChI=1S/Al.K.H4O3SSi.4H/c;;1-4(2,3)5;;;;/h;;5H3,(H,1,2,3);;;;. The third-order valence-electron chi connectivity index (χ3n) is 0. The molecule has 1 N–H and O–H groups in total. The summed E-state index contributed by atoms with van der Waals surface area (Å²) >= 11 is 0. The fourth-order valence-corrected chi connectivity index (χ4v) is 0. The molecule has 0 amide bonds. The van der Waals surface area contributed by atoms with Crippen molar-refractivity contribution in [3.63, 3.8) is 0 Å². The van der Waals surface area contributed by atoms with Gasteiger partial charge in [0.1, 0.15) is 0 Å². The van der Waals surface area contributed by atoms with Gasteiger partial charge in [-0.05, 0) is 0 Å². The SMILES string of the molecule is O=S(=O)(O)[SiH3].[AlH3].[KH]. The van der Waals surface area contributed by atoms with Crippen LogP contribution < -0.4 is 0 Å². The van der Waals surface area contributed by atoms with E-state index in [0.717, 1.165) is 0 Å². The van der Waals surface area contributed by atoms with Gasteiger partial charge in [0.05, 0.1) is 0 Å². The van der Waals surface area contributed by atoms with E-state index in [-0.39, 0.29) is 78.1 Å².